The van der Waals surface area contributed by atoms with Crippen molar-refractivity contribution in [1.29, 1.82) is 0 Å². The van der Waals surface area contributed by atoms with Gasteiger partial charge in [-0.15, -0.1) is 11.3 Å². The third-order valence-corrected chi connectivity index (χ3v) is 5.79. The monoisotopic (exact) mass is 417 g/mol. The number of hydrogen-bond acceptors (Lipinski definition) is 3. The Bertz CT molecular complexity index is 806. The van der Waals surface area contributed by atoms with Crippen molar-refractivity contribution in [1.82, 2.24) is 5.32 Å². The van der Waals surface area contributed by atoms with E-state index in [1.165, 1.54) is 36.2 Å². The van der Waals surface area contributed by atoms with Crippen molar-refractivity contribution < 1.29 is 19.2 Å². The van der Waals surface area contributed by atoms with Crippen LogP contribution in [0.3, 0.4) is 0 Å². The average Bonchev–Trinajstić information content (AvgIpc) is 3.11. The van der Waals surface area contributed by atoms with Crippen LogP contribution in [0.4, 0.5) is 0 Å². The van der Waals surface area contributed by atoms with Crippen LogP contribution in [0.5, 0.6) is 0 Å². The van der Waals surface area contributed by atoms with Gasteiger partial charge in [0.05, 0.1) is 45.0 Å². The molecule has 6 heteroatoms. The second kappa shape index (κ2) is 10.6. The summed E-state index contributed by atoms with van der Waals surface area (Å²) < 4.78 is 0.582. The number of carbonyl (C=O) groups excluding carboxylic acids is 1. The van der Waals surface area contributed by atoms with Gasteiger partial charge in [0.25, 0.3) is 5.91 Å². The average molecular weight is 418 g/mol. The fraction of sp³-hybridized carbons (Fsp3) is 0.478. The van der Waals surface area contributed by atoms with Crippen LogP contribution < -0.4 is 5.32 Å². The lowest BCUT2D eigenvalue weighted by atomic mass is 10.0. The largest absolute Gasteiger partial charge is 0.481 e. The summed E-state index contributed by atoms with van der Waals surface area (Å²) in [6.45, 7) is 2.76. The second-order valence-corrected chi connectivity index (χ2v) is 9.64. The molecule has 1 aromatic carbocycles. The molecule has 0 aliphatic heterocycles. The van der Waals surface area contributed by atoms with E-state index < -0.39 is 12.0 Å². The Kier molecular flexibility index (Phi) is 8.41. The first-order valence-electron chi connectivity index (χ1n) is 10.2. The molecule has 0 spiro atoms. The van der Waals surface area contributed by atoms with E-state index in [0.29, 0.717) is 15.9 Å². The molecule has 5 nitrogen and oxygen atoms in total. The quantitative estimate of drug-likeness (QED) is 0.420. The number of nitrogens with one attached hydrogen (secondary N) is 1. The number of carbonyl (C=O) groups is 2. The van der Waals surface area contributed by atoms with Crippen LogP contribution in [0.2, 0.25) is 0 Å². The molecule has 2 aromatic rings. The summed E-state index contributed by atoms with van der Waals surface area (Å²) in [5, 5.41) is 12.1. The van der Waals surface area contributed by atoms with Gasteiger partial charge in [-0.3, -0.25) is 9.59 Å². The maximum atomic E-state index is 12.7. The van der Waals surface area contributed by atoms with Gasteiger partial charge >= 0.3 is 5.97 Å². The molecule has 0 saturated heterocycles. The van der Waals surface area contributed by atoms with Gasteiger partial charge in [0.2, 0.25) is 0 Å². The van der Waals surface area contributed by atoms with Crippen LogP contribution in [0.25, 0.3) is 10.4 Å². The van der Waals surface area contributed by atoms with Gasteiger partial charge in [0.1, 0.15) is 0 Å². The number of hydrogen-bond donors (Lipinski definition) is 2. The molecule has 0 unspecified atom stereocenters. The molecule has 29 heavy (non-hydrogen) atoms. The maximum absolute atomic E-state index is 12.7. The number of carboxylic acid groups (broad SMARTS) is 1. The van der Waals surface area contributed by atoms with Crippen molar-refractivity contribution in [3.8, 4) is 10.4 Å². The highest BCUT2D eigenvalue weighted by Gasteiger charge is 2.24. The first kappa shape index (κ1) is 23.1. The predicted octanol–water partition coefficient (Wildman–Crippen LogP) is 4.43. The minimum Gasteiger partial charge on any atom is -0.481 e. The summed E-state index contributed by atoms with van der Waals surface area (Å²) in [7, 11) is 5.95. The molecule has 2 rings (SSSR count). The van der Waals surface area contributed by atoms with Crippen LogP contribution in [0.1, 0.15) is 47.8 Å². The molecule has 0 bridgehead atoms. The summed E-state index contributed by atoms with van der Waals surface area (Å²) in [6.07, 6.45) is 4.70. The molecule has 1 heterocycles. The number of amides is 1. The lowest BCUT2D eigenvalue weighted by Gasteiger charge is -2.29. The van der Waals surface area contributed by atoms with Crippen molar-refractivity contribution in [3.05, 3.63) is 46.8 Å². The first-order chi connectivity index (χ1) is 13.7. The smallest absolute Gasteiger partial charge is 0.305 e. The Morgan fingerprint density at radius 1 is 1.07 bits per heavy atom. The number of benzene rings is 1. The van der Waals surface area contributed by atoms with E-state index in [1.54, 1.807) is 0 Å². The zero-order valence-electron chi connectivity index (χ0n) is 17.9. The molecule has 0 aliphatic carbocycles. The number of nitrogens with zero attached hydrogens (tertiary/aromatic N) is 1. The summed E-state index contributed by atoms with van der Waals surface area (Å²) in [5.41, 5.74) is 2.44. The van der Waals surface area contributed by atoms with E-state index in [9.17, 15) is 9.59 Å². The minimum absolute atomic E-state index is 0.0843. The van der Waals surface area contributed by atoms with Crippen LogP contribution >= 0.6 is 11.3 Å². The standard InChI is InChI=1S/C23H32N2O3S/c1-5-6-7-8-17-9-11-18(12-10-17)20-13-14-21(29-20)23(28)24-19(15-22(26)27)16-25(2,3)4/h9-14,19H,5-8,15-16H2,1-4H3,(H-,24,26,27,28)/p+1/t19-/m1/s1. The van der Waals surface area contributed by atoms with Gasteiger partial charge < -0.3 is 14.9 Å². The Hall–Kier alpha value is -2.18. The minimum atomic E-state index is -0.908. The molecule has 0 fully saturated rings. The molecule has 0 aliphatic rings. The predicted molar refractivity (Wildman–Crippen MR) is 119 cm³/mol. The molecule has 0 saturated carbocycles. The first-order valence-corrected chi connectivity index (χ1v) is 11.0. The SMILES string of the molecule is CCCCCc1ccc(-c2ccc(C(=O)N[C@H](CC(=O)O)C[N+](C)(C)C)s2)cc1. The molecule has 1 aromatic heterocycles. The fourth-order valence-corrected chi connectivity index (χ4v) is 4.23. The van der Waals surface area contributed by atoms with Gasteiger partial charge in [-0.1, -0.05) is 44.0 Å². The number of aryl methyl sites for hydroxylation is 1. The van der Waals surface area contributed by atoms with E-state index in [-0.39, 0.29) is 12.3 Å². The lowest BCUT2D eigenvalue weighted by molar-refractivity contribution is -0.871. The molecule has 0 radical (unpaired) electrons. The van der Waals surface area contributed by atoms with E-state index in [4.69, 9.17) is 5.11 Å². The van der Waals surface area contributed by atoms with Crippen LogP contribution in [0.15, 0.2) is 36.4 Å². The zero-order valence-corrected chi connectivity index (χ0v) is 18.7. The van der Waals surface area contributed by atoms with Gasteiger partial charge in [-0.25, -0.2) is 0 Å². The summed E-state index contributed by atoms with van der Waals surface area (Å²) in [5.74, 6) is -1.12. The van der Waals surface area contributed by atoms with Gasteiger partial charge in [-0.05, 0) is 36.1 Å². The normalized spacial score (nSPS) is 12.6. The molecule has 1 amide bonds. The van der Waals surface area contributed by atoms with Crippen molar-refractivity contribution in [2.75, 3.05) is 27.7 Å². The Morgan fingerprint density at radius 3 is 2.34 bits per heavy atom. The van der Waals surface area contributed by atoms with Crippen molar-refractivity contribution >= 4 is 23.2 Å². The van der Waals surface area contributed by atoms with Crippen LogP contribution in [-0.4, -0.2) is 55.2 Å². The Balaban J connectivity index is 2.03. The third kappa shape index (κ3) is 7.99. The maximum Gasteiger partial charge on any atom is 0.305 e. The second-order valence-electron chi connectivity index (χ2n) is 8.56. The fourth-order valence-electron chi connectivity index (χ4n) is 3.32. The van der Waals surface area contributed by atoms with E-state index in [0.717, 1.165) is 16.9 Å². The van der Waals surface area contributed by atoms with E-state index >= 15 is 0 Å². The highest BCUT2D eigenvalue weighted by atomic mass is 32.1. The van der Waals surface area contributed by atoms with Gasteiger partial charge in [0, 0.05) is 4.88 Å². The Morgan fingerprint density at radius 2 is 1.76 bits per heavy atom. The van der Waals surface area contributed by atoms with Crippen LogP contribution in [-0.2, 0) is 11.2 Å². The topological polar surface area (TPSA) is 66.4 Å². The van der Waals surface area contributed by atoms with Crippen molar-refractivity contribution in [2.24, 2.45) is 0 Å². The summed E-state index contributed by atoms with van der Waals surface area (Å²) >= 11 is 1.44. The molecule has 158 valence electrons. The van der Waals surface area contributed by atoms with E-state index in [1.807, 2.05) is 33.3 Å². The summed E-state index contributed by atoms with van der Waals surface area (Å²) in [4.78, 5) is 25.5. The van der Waals surface area contributed by atoms with Crippen LogP contribution in [0, 0.1) is 0 Å². The highest BCUT2D eigenvalue weighted by molar-refractivity contribution is 7.17. The van der Waals surface area contributed by atoms with E-state index in [2.05, 4.69) is 36.5 Å². The lowest BCUT2D eigenvalue weighted by Crippen LogP contribution is -2.49. The third-order valence-electron chi connectivity index (χ3n) is 4.66. The number of carboxylic acids is 1. The number of quaternary nitrogens is 1. The Labute approximate surface area is 178 Å². The van der Waals surface area contributed by atoms with Crippen molar-refractivity contribution in [3.63, 3.8) is 0 Å². The van der Waals surface area contributed by atoms with Crippen molar-refractivity contribution in [2.45, 2.75) is 45.1 Å². The molecule has 1 atom stereocenters. The number of unbranched alkanes of at least 4 members (excludes halogenated alkanes) is 2. The number of likely N-dealkylation sites (N-methyl/N-ethyl adjacent to an activating group) is 1. The number of thiophene rings is 1. The van der Waals surface area contributed by atoms with Gasteiger partial charge in [-0.2, -0.15) is 0 Å². The molecular formula is C23H33N2O3S+. The number of aliphatic carboxylic acids is 1. The molecular weight excluding hydrogens is 384 g/mol. The highest BCUT2D eigenvalue weighted by Crippen LogP contribution is 2.28. The zero-order chi connectivity index (χ0) is 21.4. The number of rotatable bonds is 11. The van der Waals surface area contributed by atoms with Gasteiger partial charge in [0.15, 0.2) is 0 Å². The molecule has 2 N–H and O–H groups in total. The summed E-state index contributed by atoms with van der Waals surface area (Å²) in [6, 6.07) is 11.9.